The average molecular weight is 305 g/mol. The minimum atomic E-state index is -0.423. The molecule has 1 N–H and O–H groups in total. The Morgan fingerprint density at radius 2 is 1.35 bits per heavy atom. The number of carbonyl (C=O) groups excluding carboxylic acids is 1. The van der Waals surface area contributed by atoms with Gasteiger partial charge in [-0.05, 0) is 29.3 Å². The van der Waals surface area contributed by atoms with Crippen LogP contribution in [-0.2, 0) is 0 Å². The van der Waals surface area contributed by atoms with Crippen LogP contribution < -0.4 is 5.32 Å². The number of amides is 1. The fourth-order valence-corrected chi connectivity index (χ4v) is 2.49. The molecule has 0 spiro atoms. The van der Waals surface area contributed by atoms with E-state index in [1.54, 1.807) is 6.07 Å². The SMILES string of the molecule is O=C(NC(c1ccccc1)c1ccccc1)c1cccc(F)c1. The maximum atomic E-state index is 13.3. The van der Waals surface area contributed by atoms with Gasteiger partial charge in [0.15, 0.2) is 0 Å². The van der Waals surface area contributed by atoms with E-state index in [0.717, 1.165) is 11.1 Å². The van der Waals surface area contributed by atoms with Gasteiger partial charge >= 0.3 is 0 Å². The highest BCUT2D eigenvalue weighted by atomic mass is 19.1. The second-order valence-electron chi connectivity index (χ2n) is 5.24. The standard InChI is InChI=1S/C20H16FNO/c21-18-13-7-12-17(14-18)20(23)22-19(15-8-3-1-4-9-15)16-10-5-2-6-11-16/h1-14,19H,(H,22,23). The minimum absolute atomic E-state index is 0.284. The molecule has 0 aromatic heterocycles. The summed E-state index contributed by atoms with van der Waals surface area (Å²) in [5.41, 5.74) is 2.26. The van der Waals surface area contributed by atoms with Gasteiger partial charge in [0.05, 0.1) is 6.04 Å². The molecular weight excluding hydrogens is 289 g/mol. The zero-order valence-corrected chi connectivity index (χ0v) is 12.4. The third-order valence-corrected chi connectivity index (χ3v) is 3.63. The lowest BCUT2D eigenvalue weighted by Gasteiger charge is -2.20. The van der Waals surface area contributed by atoms with Gasteiger partial charge in [-0.1, -0.05) is 66.7 Å². The van der Waals surface area contributed by atoms with Crippen LogP contribution in [0.3, 0.4) is 0 Å². The first-order valence-electron chi connectivity index (χ1n) is 7.40. The van der Waals surface area contributed by atoms with Gasteiger partial charge in [-0.3, -0.25) is 4.79 Å². The molecule has 0 heterocycles. The predicted molar refractivity (Wildman–Crippen MR) is 88.6 cm³/mol. The fourth-order valence-electron chi connectivity index (χ4n) is 2.49. The molecule has 0 saturated carbocycles. The molecule has 114 valence electrons. The highest BCUT2D eigenvalue weighted by Crippen LogP contribution is 2.22. The second kappa shape index (κ2) is 6.88. The van der Waals surface area contributed by atoms with Crippen LogP contribution in [0.25, 0.3) is 0 Å². The summed E-state index contributed by atoms with van der Waals surface area (Å²) in [5.74, 6) is -0.726. The van der Waals surface area contributed by atoms with Crippen molar-refractivity contribution in [1.29, 1.82) is 0 Å². The van der Waals surface area contributed by atoms with Crippen molar-refractivity contribution in [2.45, 2.75) is 6.04 Å². The summed E-state index contributed by atoms with van der Waals surface area (Å²) >= 11 is 0. The monoisotopic (exact) mass is 305 g/mol. The molecule has 0 aliphatic carbocycles. The van der Waals surface area contributed by atoms with Crippen LogP contribution in [0.4, 0.5) is 4.39 Å². The van der Waals surface area contributed by atoms with Crippen molar-refractivity contribution in [3.63, 3.8) is 0 Å². The lowest BCUT2D eigenvalue weighted by Crippen LogP contribution is -2.29. The predicted octanol–water partition coefficient (Wildman–Crippen LogP) is 4.35. The molecule has 0 aliphatic heterocycles. The largest absolute Gasteiger partial charge is 0.341 e. The summed E-state index contributed by atoms with van der Waals surface area (Å²) in [7, 11) is 0. The third-order valence-electron chi connectivity index (χ3n) is 3.63. The molecular formula is C20H16FNO. The quantitative estimate of drug-likeness (QED) is 0.763. The summed E-state index contributed by atoms with van der Waals surface area (Å²) in [4.78, 5) is 12.5. The van der Waals surface area contributed by atoms with Crippen molar-refractivity contribution in [3.05, 3.63) is 107 Å². The molecule has 0 bridgehead atoms. The van der Waals surface area contributed by atoms with E-state index in [1.807, 2.05) is 60.7 Å². The van der Waals surface area contributed by atoms with E-state index in [9.17, 15) is 9.18 Å². The van der Waals surface area contributed by atoms with Crippen molar-refractivity contribution in [2.75, 3.05) is 0 Å². The van der Waals surface area contributed by atoms with Gasteiger partial charge in [-0.25, -0.2) is 4.39 Å². The smallest absolute Gasteiger partial charge is 0.252 e. The lowest BCUT2D eigenvalue weighted by atomic mass is 9.98. The summed E-state index contributed by atoms with van der Waals surface area (Å²) in [5, 5.41) is 2.99. The normalized spacial score (nSPS) is 10.5. The first-order chi connectivity index (χ1) is 11.2. The molecule has 3 aromatic carbocycles. The second-order valence-corrected chi connectivity index (χ2v) is 5.24. The van der Waals surface area contributed by atoms with Gasteiger partial charge in [-0.15, -0.1) is 0 Å². The van der Waals surface area contributed by atoms with Crippen molar-refractivity contribution in [3.8, 4) is 0 Å². The molecule has 1 amide bonds. The van der Waals surface area contributed by atoms with Gasteiger partial charge in [0.2, 0.25) is 0 Å². The van der Waals surface area contributed by atoms with Crippen molar-refractivity contribution in [1.82, 2.24) is 5.32 Å². The first-order valence-corrected chi connectivity index (χ1v) is 7.40. The maximum absolute atomic E-state index is 13.3. The Hall–Kier alpha value is -2.94. The Morgan fingerprint density at radius 3 is 1.87 bits per heavy atom. The fraction of sp³-hybridized carbons (Fsp3) is 0.0500. The Balaban J connectivity index is 1.92. The molecule has 3 heteroatoms. The first kappa shape index (κ1) is 15.0. The zero-order chi connectivity index (χ0) is 16.1. The van der Waals surface area contributed by atoms with Crippen LogP contribution in [0.1, 0.15) is 27.5 Å². The molecule has 0 fully saturated rings. The molecule has 23 heavy (non-hydrogen) atoms. The molecule has 0 saturated heterocycles. The number of benzene rings is 3. The van der Waals surface area contributed by atoms with E-state index in [1.165, 1.54) is 18.2 Å². The van der Waals surface area contributed by atoms with E-state index in [2.05, 4.69) is 5.32 Å². The topological polar surface area (TPSA) is 29.1 Å². The zero-order valence-electron chi connectivity index (χ0n) is 12.4. The molecule has 2 nitrogen and oxygen atoms in total. The highest BCUT2D eigenvalue weighted by molar-refractivity contribution is 5.94. The number of hydrogen-bond donors (Lipinski definition) is 1. The summed E-state index contributed by atoms with van der Waals surface area (Å²) in [6.07, 6.45) is 0. The van der Waals surface area contributed by atoms with E-state index in [-0.39, 0.29) is 11.9 Å². The van der Waals surface area contributed by atoms with E-state index in [4.69, 9.17) is 0 Å². The van der Waals surface area contributed by atoms with Crippen molar-refractivity contribution in [2.24, 2.45) is 0 Å². The van der Waals surface area contributed by atoms with Crippen LogP contribution in [0.2, 0.25) is 0 Å². The van der Waals surface area contributed by atoms with Crippen LogP contribution in [-0.4, -0.2) is 5.91 Å². The van der Waals surface area contributed by atoms with Crippen molar-refractivity contribution < 1.29 is 9.18 Å². The average Bonchev–Trinajstić information content (AvgIpc) is 2.61. The molecule has 0 radical (unpaired) electrons. The van der Waals surface area contributed by atoms with Crippen LogP contribution >= 0.6 is 0 Å². The van der Waals surface area contributed by atoms with Gasteiger partial charge in [0, 0.05) is 5.56 Å². The molecule has 0 atom stereocenters. The number of rotatable bonds is 4. The maximum Gasteiger partial charge on any atom is 0.252 e. The summed E-state index contributed by atoms with van der Waals surface area (Å²) < 4.78 is 13.3. The van der Waals surface area contributed by atoms with E-state index in [0.29, 0.717) is 5.56 Å². The minimum Gasteiger partial charge on any atom is -0.341 e. The summed E-state index contributed by atoms with van der Waals surface area (Å²) in [6.45, 7) is 0. The summed E-state index contributed by atoms with van der Waals surface area (Å²) in [6, 6.07) is 24.8. The van der Waals surface area contributed by atoms with Gasteiger partial charge in [0.25, 0.3) is 5.91 Å². The lowest BCUT2D eigenvalue weighted by molar-refractivity contribution is 0.0942. The van der Waals surface area contributed by atoms with Gasteiger partial charge in [0.1, 0.15) is 5.82 Å². The Labute approximate surface area is 134 Å². The van der Waals surface area contributed by atoms with E-state index < -0.39 is 5.82 Å². The number of halogens is 1. The van der Waals surface area contributed by atoms with Crippen LogP contribution in [0.5, 0.6) is 0 Å². The molecule has 0 aliphatic rings. The van der Waals surface area contributed by atoms with Gasteiger partial charge in [-0.2, -0.15) is 0 Å². The Bertz CT molecular complexity index is 748. The van der Waals surface area contributed by atoms with E-state index >= 15 is 0 Å². The molecule has 3 aromatic rings. The van der Waals surface area contributed by atoms with Crippen LogP contribution in [0, 0.1) is 5.82 Å². The highest BCUT2D eigenvalue weighted by Gasteiger charge is 2.17. The van der Waals surface area contributed by atoms with Crippen molar-refractivity contribution >= 4 is 5.91 Å². The molecule has 3 rings (SSSR count). The third kappa shape index (κ3) is 3.64. The number of nitrogens with one attached hydrogen (secondary N) is 1. The Kier molecular flexibility index (Phi) is 4.48. The molecule has 0 unspecified atom stereocenters. The van der Waals surface area contributed by atoms with Crippen LogP contribution in [0.15, 0.2) is 84.9 Å². The Morgan fingerprint density at radius 1 is 0.783 bits per heavy atom. The van der Waals surface area contributed by atoms with Gasteiger partial charge < -0.3 is 5.32 Å². The number of carbonyl (C=O) groups is 1. The number of hydrogen-bond acceptors (Lipinski definition) is 1.